The van der Waals surface area contributed by atoms with Gasteiger partial charge in [0.1, 0.15) is 5.75 Å². The lowest BCUT2D eigenvalue weighted by atomic mass is 10.3. The first-order chi connectivity index (χ1) is 10.2. The van der Waals surface area contributed by atoms with Crippen LogP contribution in [0.25, 0.3) is 10.2 Å². The van der Waals surface area contributed by atoms with E-state index in [9.17, 15) is 4.79 Å². The topological polar surface area (TPSA) is 63.2 Å². The van der Waals surface area contributed by atoms with Crippen LogP contribution in [0.5, 0.6) is 5.75 Å². The molecular formula is C15H19N3O2S. The molecule has 2 N–H and O–H groups in total. The quantitative estimate of drug-likeness (QED) is 0.772. The molecule has 1 amide bonds. The Kier molecular flexibility index (Phi) is 4.24. The Hall–Kier alpha value is -1.82. The van der Waals surface area contributed by atoms with Crippen LogP contribution in [0.15, 0.2) is 18.2 Å². The third kappa shape index (κ3) is 3.85. The van der Waals surface area contributed by atoms with E-state index >= 15 is 0 Å². The Bertz CT molecular complexity index is 637. The van der Waals surface area contributed by atoms with Crippen molar-refractivity contribution in [2.24, 2.45) is 0 Å². The number of nitrogens with one attached hydrogen (secondary N) is 2. The van der Waals surface area contributed by atoms with Gasteiger partial charge < -0.3 is 15.4 Å². The van der Waals surface area contributed by atoms with Gasteiger partial charge in [-0.25, -0.2) is 4.98 Å². The first-order valence-electron chi connectivity index (χ1n) is 7.22. The standard InChI is InChI=1S/C15H19N3O2S/c1-20-11-6-7-12-13(9-11)21-15(18-12)16-8-2-3-14(19)17-10-4-5-10/h6-7,9-10H,2-5,8H2,1H3,(H,16,18)(H,17,19). The van der Waals surface area contributed by atoms with Crippen LogP contribution in [0, 0.1) is 0 Å². The fourth-order valence-corrected chi connectivity index (χ4v) is 3.00. The molecule has 0 aliphatic heterocycles. The molecule has 0 unspecified atom stereocenters. The number of carbonyl (C=O) groups excluding carboxylic acids is 1. The summed E-state index contributed by atoms with van der Waals surface area (Å²) in [5.74, 6) is 1.00. The molecule has 3 rings (SSSR count). The van der Waals surface area contributed by atoms with Crippen molar-refractivity contribution in [3.63, 3.8) is 0 Å². The molecule has 21 heavy (non-hydrogen) atoms. The van der Waals surface area contributed by atoms with Crippen molar-refractivity contribution in [3.8, 4) is 5.75 Å². The number of benzene rings is 1. The van der Waals surface area contributed by atoms with Crippen molar-refractivity contribution >= 4 is 32.6 Å². The minimum atomic E-state index is 0.160. The zero-order chi connectivity index (χ0) is 14.7. The largest absolute Gasteiger partial charge is 0.497 e. The molecule has 1 aliphatic carbocycles. The van der Waals surface area contributed by atoms with Gasteiger partial charge in [-0.2, -0.15) is 0 Å². The van der Waals surface area contributed by atoms with E-state index in [1.54, 1.807) is 18.4 Å². The normalized spacial score (nSPS) is 14.1. The molecule has 2 aromatic rings. The van der Waals surface area contributed by atoms with Gasteiger partial charge in [-0.1, -0.05) is 11.3 Å². The number of thiazole rings is 1. The Morgan fingerprint density at radius 3 is 3.10 bits per heavy atom. The third-order valence-electron chi connectivity index (χ3n) is 3.39. The number of nitrogens with zero attached hydrogens (tertiary/aromatic N) is 1. The first-order valence-corrected chi connectivity index (χ1v) is 8.04. The SMILES string of the molecule is COc1ccc2nc(NCCCC(=O)NC3CC3)sc2c1. The number of rotatable bonds is 7. The molecule has 1 saturated carbocycles. The summed E-state index contributed by atoms with van der Waals surface area (Å²) in [7, 11) is 1.66. The monoisotopic (exact) mass is 305 g/mol. The average Bonchev–Trinajstić information content (AvgIpc) is 3.19. The molecule has 5 nitrogen and oxygen atoms in total. The lowest BCUT2D eigenvalue weighted by Crippen LogP contribution is -2.25. The highest BCUT2D eigenvalue weighted by Gasteiger charge is 2.22. The summed E-state index contributed by atoms with van der Waals surface area (Å²) in [5, 5.41) is 7.17. The number of fused-ring (bicyclic) bond motifs is 1. The number of anilines is 1. The fourth-order valence-electron chi connectivity index (χ4n) is 2.08. The van der Waals surface area contributed by atoms with E-state index in [2.05, 4.69) is 15.6 Å². The lowest BCUT2D eigenvalue weighted by molar-refractivity contribution is -0.121. The molecule has 1 heterocycles. The van der Waals surface area contributed by atoms with Crippen LogP contribution < -0.4 is 15.4 Å². The highest BCUT2D eigenvalue weighted by molar-refractivity contribution is 7.22. The van der Waals surface area contributed by atoms with Crippen molar-refractivity contribution in [3.05, 3.63) is 18.2 Å². The fraction of sp³-hybridized carbons (Fsp3) is 0.467. The highest BCUT2D eigenvalue weighted by atomic mass is 32.1. The molecule has 112 valence electrons. The van der Waals surface area contributed by atoms with Gasteiger partial charge in [0.2, 0.25) is 5.91 Å². The summed E-state index contributed by atoms with van der Waals surface area (Å²) in [6, 6.07) is 6.30. The van der Waals surface area contributed by atoms with Gasteiger partial charge in [-0.3, -0.25) is 4.79 Å². The summed E-state index contributed by atoms with van der Waals surface area (Å²) in [5.41, 5.74) is 0.967. The van der Waals surface area contributed by atoms with Crippen LogP contribution in [-0.4, -0.2) is 30.6 Å². The van der Waals surface area contributed by atoms with E-state index in [0.29, 0.717) is 12.5 Å². The minimum absolute atomic E-state index is 0.160. The maximum absolute atomic E-state index is 11.6. The van der Waals surface area contributed by atoms with Crippen molar-refractivity contribution in [1.29, 1.82) is 0 Å². The molecular weight excluding hydrogens is 286 g/mol. The maximum atomic E-state index is 11.6. The molecule has 0 bridgehead atoms. The second-order valence-electron chi connectivity index (χ2n) is 5.22. The predicted molar refractivity (Wildman–Crippen MR) is 85.1 cm³/mol. The smallest absolute Gasteiger partial charge is 0.220 e. The van der Waals surface area contributed by atoms with E-state index < -0.39 is 0 Å². The first kappa shape index (κ1) is 14.1. The molecule has 0 radical (unpaired) electrons. The number of hydrogen-bond acceptors (Lipinski definition) is 5. The van der Waals surface area contributed by atoms with E-state index in [0.717, 1.165) is 46.9 Å². The van der Waals surface area contributed by atoms with Crippen LogP contribution in [0.2, 0.25) is 0 Å². The number of methoxy groups -OCH3 is 1. The van der Waals surface area contributed by atoms with Crippen LogP contribution in [-0.2, 0) is 4.79 Å². The maximum Gasteiger partial charge on any atom is 0.220 e. The zero-order valence-corrected chi connectivity index (χ0v) is 12.8. The molecule has 1 fully saturated rings. The Morgan fingerprint density at radius 1 is 1.48 bits per heavy atom. The Morgan fingerprint density at radius 2 is 2.33 bits per heavy atom. The highest BCUT2D eigenvalue weighted by Crippen LogP contribution is 2.29. The molecule has 0 spiro atoms. The van der Waals surface area contributed by atoms with Crippen molar-refractivity contribution in [2.75, 3.05) is 19.0 Å². The minimum Gasteiger partial charge on any atom is -0.497 e. The van der Waals surface area contributed by atoms with Gasteiger partial charge in [0, 0.05) is 19.0 Å². The molecule has 6 heteroatoms. The van der Waals surface area contributed by atoms with Crippen molar-refractivity contribution < 1.29 is 9.53 Å². The average molecular weight is 305 g/mol. The molecule has 1 aromatic heterocycles. The molecule has 1 aliphatic rings. The Balaban J connectivity index is 1.47. The summed E-state index contributed by atoms with van der Waals surface area (Å²) in [6.45, 7) is 0.759. The van der Waals surface area contributed by atoms with E-state index in [4.69, 9.17) is 4.74 Å². The van der Waals surface area contributed by atoms with E-state index in [-0.39, 0.29) is 5.91 Å². The number of amides is 1. The third-order valence-corrected chi connectivity index (χ3v) is 4.37. The zero-order valence-electron chi connectivity index (χ0n) is 12.0. The van der Waals surface area contributed by atoms with Crippen LogP contribution in [0.1, 0.15) is 25.7 Å². The Labute approximate surface area is 127 Å². The van der Waals surface area contributed by atoms with E-state index in [1.165, 1.54) is 0 Å². The number of ether oxygens (including phenoxy) is 1. The lowest BCUT2D eigenvalue weighted by Gasteiger charge is -2.03. The summed E-state index contributed by atoms with van der Waals surface area (Å²) in [4.78, 5) is 16.1. The number of hydrogen-bond donors (Lipinski definition) is 2. The molecule has 1 aromatic carbocycles. The van der Waals surface area contributed by atoms with Gasteiger partial charge in [-0.05, 0) is 37.5 Å². The van der Waals surface area contributed by atoms with Crippen LogP contribution >= 0.6 is 11.3 Å². The predicted octanol–water partition coefficient (Wildman–Crippen LogP) is 2.78. The summed E-state index contributed by atoms with van der Waals surface area (Å²) in [6.07, 6.45) is 3.67. The number of aromatic nitrogens is 1. The summed E-state index contributed by atoms with van der Waals surface area (Å²) >= 11 is 1.60. The van der Waals surface area contributed by atoms with Gasteiger partial charge in [-0.15, -0.1) is 0 Å². The summed E-state index contributed by atoms with van der Waals surface area (Å²) < 4.78 is 6.31. The van der Waals surface area contributed by atoms with Crippen LogP contribution in [0.3, 0.4) is 0 Å². The van der Waals surface area contributed by atoms with Crippen molar-refractivity contribution in [2.45, 2.75) is 31.7 Å². The van der Waals surface area contributed by atoms with E-state index in [1.807, 2.05) is 18.2 Å². The molecule has 0 saturated heterocycles. The van der Waals surface area contributed by atoms with Gasteiger partial charge >= 0.3 is 0 Å². The molecule has 0 atom stereocenters. The van der Waals surface area contributed by atoms with Gasteiger partial charge in [0.05, 0.1) is 17.3 Å². The van der Waals surface area contributed by atoms with Crippen molar-refractivity contribution in [1.82, 2.24) is 10.3 Å². The van der Waals surface area contributed by atoms with Crippen LogP contribution in [0.4, 0.5) is 5.13 Å². The second-order valence-corrected chi connectivity index (χ2v) is 6.26. The van der Waals surface area contributed by atoms with Gasteiger partial charge in [0.15, 0.2) is 5.13 Å². The second kappa shape index (κ2) is 6.30. The number of carbonyl (C=O) groups is 1. The van der Waals surface area contributed by atoms with Gasteiger partial charge in [0.25, 0.3) is 0 Å².